The Labute approximate surface area is 255 Å². The molecule has 1 aliphatic carbocycles. The van der Waals surface area contributed by atoms with Crippen molar-refractivity contribution >= 4 is 23.7 Å². The van der Waals surface area contributed by atoms with Crippen LogP contribution < -0.4 is 16.0 Å². The van der Waals surface area contributed by atoms with Crippen molar-refractivity contribution in [2.24, 2.45) is 11.8 Å². The third-order valence-corrected chi connectivity index (χ3v) is 8.12. The highest BCUT2D eigenvalue weighted by molar-refractivity contribution is 6.00. The lowest BCUT2D eigenvalue weighted by Gasteiger charge is -2.34. The number of alkyl halides is 6. The van der Waals surface area contributed by atoms with Crippen molar-refractivity contribution in [2.75, 3.05) is 25.6 Å². The largest absolute Gasteiger partial charge is 0.410 e. The zero-order valence-electron chi connectivity index (χ0n) is 24.8. The minimum absolute atomic E-state index is 0.0276. The number of hydrogen-bond donors (Lipinski definition) is 3. The molecule has 3 heterocycles. The summed E-state index contributed by atoms with van der Waals surface area (Å²) >= 11 is 0. The number of amides is 4. The van der Waals surface area contributed by atoms with E-state index in [-0.39, 0.29) is 49.8 Å². The second-order valence-corrected chi connectivity index (χ2v) is 11.5. The molecule has 1 saturated carbocycles. The van der Waals surface area contributed by atoms with Crippen LogP contribution in [0.1, 0.15) is 67.7 Å². The second kappa shape index (κ2) is 13.6. The maximum Gasteiger partial charge on any atom is 0.410 e. The lowest BCUT2D eigenvalue weighted by molar-refractivity contribution is -0.184. The van der Waals surface area contributed by atoms with E-state index >= 15 is 0 Å². The highest BCUT2D eigenvalue weighted by Gasteiger charge is 2.49. The van der Waals surface area contributed by atoms with Crippen molar-refractivity contribution in [3.63, 3.8) is 0 Å². The molecule has 0 aromatic carbocycles. The Bertz CT molecular complexity index is 1360. The molecule has 3 atom stereocenters. The van der Waals surface area contributed by atoms with Crippen molar-refractivity contribution in [2.45, 2.75) is 76.1 Å². The van der Waals surface area contributed by atoms with Crippen molar-refractivity contribution in [3.8, 4) is 0 Å². The van der Waals surface area contributed by atoms with Gasteiger partial charge < -0.3 is 25.6 Å². The van der Waals surface area contributed by atoms with E-state index in [9.17, 15) is 40.7 Å². The highest BCUT2D eigenvalue weighted by atomic mass is 19.4. The maximum absolute atomic E-state index is 13.6. The van der Waals surface area contributed by atoms with Crippen LogP contribution in [0.5, 0.6) is 0 Å². The summed E-state index contributed by atoms with van der Waals surface area (Å²) in [5.74, 6) is -3.55. The fourth-order valence-electron chi connectivity index (χ4n) is 5.76. The van der Waals surface area contributed by atoms with Crippen LogP contribution in [0.25, 0.3) is 0 Å². The molecule has 0 radical (unpaired) electrons. The molecule has 45 heavy (non-hydrogen) atoms. The molecule has 248 valence electrons. The van der Waals surface area contributed by atoms with E-state index in [1.165, 1.54) is 42.4 Å². The topological polar surface area (TPSA) is 130 Å². The van der Waals surface area contributed by atoms with Gasteiger partial charge in [-0.1, -0.05) is 0 Å². The van der Waals surface area contributed by atoms with E-state index < -0.39 is 66.7 Å². The van der Waals surface area contributed by atoms with Crippen LogP contribution in [-0.4, -0.2) is 82.2 Å². The Kier molecular flexibility index (Phi) is 10.3. The molecule has 0 bridgehead atoms. The SMILES string of the molecule is COC[C@H](c1ccnc(NC(=O)[C@@H](NC(=O)c2ccnn2C(C)C)C2CCC(C(F)(F)F)CC2)c1)N1C[C@@H](C(F)(F)F)NC1=O. The summed E-state index contributed by atoms with van der Waals surface area (Å²) in [6.45, 7) is 2.77. The smallest absolute Gasteiger partial charge is 0.382 e. The molecule has 0 spiro atoms. The zero-order chi connectivity index (χ0) is 33.1. The number of methoxy groups -OCH3 is 1. The first-order chi connectivity index (χ1) is 21.1. The Balaban J connectivity index is 1.56. The number of aromatic nitrogens is 3. The van der Waals surface area contributed by atoms with Gasteiger partial charge in [-0.3, -0.25) is 14.3 Å². The zero-order valence-corrected chi connectivity index (χ0v) is 24.8. The third-order valence-electron chi connectivity index (χ3n) is 8.12. The summed E-state index contributed by atoms with van der Waals surface area (Å²) in [4.78, 5) is 44.5. The van der Waals surface area contributed by atoms with Gasteiger partial charge in [-0.25, -0.2) is 9.78 Å². The molecular weight excluding hydrogens is 612 g/mol. The average Bonchev–Trinajstić information content (AvgIpc) is 3.62. The Morgan fingerprint density at radius 1 is 1.07 bits per heavy atom. The molecule has 4 amide bonds. The number of nitrogens with one attached hydrogen (secondary N) is 3. The number of nitrogens with zero attached hydrogens (tertiary/aromatic N) is 4. The molecule has 2 fully saturated rings. The van der Waals surface area contributed by atoms with Gasteiger partial charge in [0.25, 0.3) is 5.91 Å². The molecule has 0 unspecified atom stereocenters. The average molecular weight is 648 g/mol. The van der Waals surface area contributed by atoms with E-state index in [1.54, 1.807) is 13.8 Å². The molecule has 1 aliphatic heterocycles. The molecule has 2 aromatic rings. The van der Waals surface area contributed by atoms with Gasteiger partial charge in [-0.05, 0) is 69.2 Å². The van der Waals surface area contributed by atoms with E-state index in [4.69, 9.17) is 4.74 Å². The van der Waals surface area contributed by atoms with Gasteiger partial charge in [0.05, 0.1) is 25.1 Å². The van der Waals surface area contributed by atoms with Gasteiger partial charge in [-0.2, -0.15) is 31.4 Å². The Hall–Kier alpha value is -3.89. The summed E-state index contributed by atoms with van der Waals surface area (Å²) in [6.07, 6.45) is -6.69. The third kappa shape index (κ3) is 8.04. The number of ether oxygens (including phenoxy) is 1. The van der Waals surface area contributed by atoms with Crippen LogP contribution in [0.3, 0.4) is 0 Å². The first kappa shape index (κ1) is 34.0. The predicted octanol–water partition coefficient (Wildman–Crippen LogP) is 4.61. The van der Waals surface area contributed by atoms with Gasteiger partial charge in [0.15, 0.2) is 0 Å². The quantitative estimate of drug-likeness (QED) is 0.323. The van der Waals surface area contributed by atoms with Crippen LogP contribution in [0.2, 0.25) is 0 Å². The van der Waals surface area contributed by atoms with Crippen molar-refractivity contribution < 1.29 is 45.5 Å². The number of pyridine rings is 1. The minimum atomic E-state index is -4.66. The maximum atomic E-state index is 13.6. The van der Waals surface area contributed by atoms with Gasteiger partial charge in [0.1, 0.15) is 23.6 Å². The van der Waals surface area contributed by atoms with Gasteiger partial charge in [0.2, 0.25) is 5.91 Å². The summed E-state index contributed by atoms with van der Waals surface area (Å²) in [5, 5.41) is 11.3. The van der Waals surface area contributed by atoms with Crippen molar-refractivity contribution in [1.29, 1.82) is 0 Å². The second-order valence-electron chi connectivity index (χ2n) is 11.5. The lowest BCUT2D eigenvalue weighted by atomic mass is 9.78. The van der Waals surface area contributed by atoms with E-state index in [0.717, 1.165) is 4.90 Å². The summed E-state index contributed by atoms with van der Waals surface area (Å²) < 4.78 is 86.5. The standard InChI is InChI=1S/C28H35F6N7O4/c1-15(2)41-19(9-11-36-41)24(42)39-23(16-4-6-18(7-5-16)27(29,30)31)25(43)38-22-12-17(8-10-35-22)20(14-45-3)40-13-21(28(32,33)34)37-26(40)44/h8-12,15-16,18,20-21,23H,4-7,13-14H2,1-3H3,(H,37,44)(H,39,42)(H,35,38,43)/t16?,18?,20-,21+,23+/m1/s1. The van der Waals surface area contributed by atoms with Crippen LogP contribution >= 0.6 is 0 Å². The molecule has 11 nitrogen and oxygen atoms in total. The Morgan fingerprint density at radius 3 is 2.33 bits per heavy atom. The fourth-order valence-corrected chi connectivity index (χ4v) is 5.76. The molecule has 1 saturated heterocycles. The molecule has 2 aliphatic rings. The number of rotatable bonds is 10. The van der Waals surface area contributed by atoms with Crippen LogP contribution in [-0.2, 0) is 9.53 Å². The van der Waals surface area contributed by atoms with E-state index in [2.05, 4.69) is 20.7 Å². The highest BCUT2D eigenvalue weighted by Crippen LogP contribution is 2.40. The first-order valence-corrected chi connectivity index (χ1v) is 14.4. The van der Waals surface area contributed by atoms with Crippen LogP contribution in [0.4, 0.5) is 37.0 Å². The lowest BCUT2D eigenvalue weighted by Crippen LogP contribution is -2.50. The summed E-state index contributed by atoms with van der Waals surface area (Å²) in [6, 6.07) is -1.13. The molecule has 3 N–H and O–H groups in total. The number of hydrogen-bond acceptors (Lipinski definition) is 6. The normalized spacial score (nSPS) is 22.2. The number of anilines is 1. The van der Waals surface area contributed by atoms with Gasteiger partial charge in [-0.15, -0.1) is 0 Å². The number of carbonyl (C=O) groups is 3. The monoisotopic (exact) mass is 647 g/mol. The van der Waals surface area contributed by atoms with Crippen molar-refractivity contribution in [1.82, 2.24) is 30.3 Å². The Morgan fingerprint density at radius 2 is 1.76 bits per heavy atom. The number of carbonyl (C=O) groups excluding carboxylic acids is 3. The predicted molar refractivity (Wildman–Crippen MR) is 148 cm³/mol. The number of urea groups is 1. The van der Waals surface area contributed by atoms with Crippen LogP contribution in [0, 0.1) is 11.8 Å². The number of halogens is 6. The van der Waals surface area contributed by atoms with E-state index in [1.807, 2.05) is 5.32 Å². The summed E-state index contributed by atoms with van der Waals surface area (Å²) in [7, 11) is 1.32. The van der Waals surface area contributed by atoms with Crippen LogP contribution in [0.15, 0.2) is 30.6 Å². The van der Waals surface area contributed by atoms with Crippen molar-refractivity contribution in [3.05, 3.63) is 41.9 Å². The molecule has 4 rings (SSSR count). The van der Waals surface area contributed by atoms with Gasteiger partial charge in [0, 0.05) is 25.5 Å². The molecular formula is C28H35F6N7O4. The minimum Gasteiger partial charge on any atom is -0.382 e. The molecule has 17 heteroatoms. The molecule has 2 aromatic heterocycles. The fraction of sp³-hybridized carbons (Fsp3) is 0.607. The van der Waals surface area contributed by atoms with E-state index in [0.29, 0.717) is 5.56 Å². The van der Waals surface area contributed by atoms with Gasteiger partial charge >= 0.3 is 18.4 Å². The first-order valence-electron chi connectivity index (χ1n) is 14.4. The summed E-state index contributed by atoms with van der Waals surface area (Å²) in [5.41, 5.74) is 0.475.